The van der Waals surface area contributed by atoms with E-state index in [1.807, 2.05) is 12.1 Å². The summed E-state index contributed by atoms with van der Waals surface area (Å²) < 4.78 is 24.5. The van der Waals surface area contributed by atoms with Crippen LogP contribution in [0.15, 0.2) is 30.3 Å². The van der Waals surface area contributed by atoms with E-state index in [2.05, 4.69) is 10.6 Å². The minimum atomic E-state index is -0.384. The molecular weight excluding hydrogens is 402 g/mol. The van der Waals surface area contributed by atoms with Crippen molar-refractivity contribution in [3.05, 3.63) is 57.3 Å². The van der Waals surface area contributed by atoms with Gasteiger partial charge < -0.3 is 20.1 Å². The van der Waals surface area contributed by atoms with Crippen molar-refractivity contribution in [1.82, 2.24) is 10.6 Å². The number of ether oxygens (including phenoxy) is 2. The first kappa shape index (κ1) is 21.2. The normalized spacial score (nSPS) is 14.9. The van der Waals surface area contributed by atoms with Gasteiger partial charge >= 0.3 is 0 Å². The molecule has 7 heteroatoms. The molecule has 3 rings (SSSR count). The van der Waals surface area contributed by atoms with Crippen LogP contribution in [0.1, 0.15) is 24.0 Å². The van der Waals surface area contributed by atoms with Crippen LogP contribution >= 0.6 is 23.2 Å². The lowest BCUT2D eigenvalue weighted by Gasteiger charge is -2.23. The molecular formula is C21H25Cl2FN2O2. The molecule has 152 valence electrons. The molecule has 0 aromatic heterocycles. The van der Waals surface area contributed by atoms with Gasteiger partial charge in [-0.25, -0.2) is 4.39 Å². The van der Waals surface area contributed by atoms with Gasteiger partial charge in [-0.2, -0.15) is 0 Å². The molecule has 0 spiro atoms. The van der Waals surface area contributed by atoms with Crippen molar-refractivity contribution in [2.75, 3.05) is 26.7 Å². The van der Waals surface area contributed by atoms with Crippen molar-refractivity contribution in [3.8, 4) is 11.5 Å². The lowest BCUT2D eigenvalue weighted by Crippen LogP contribution is -2.33. The van der Waals surface area contributed by atoms with Crippen LogP contribution in [-0.2, 0) is 13.2 Å². The molecule has 0 radical (unpaired) electrons. The Morgan fingerprint density at radius 2 is 1.93 bits per heavy atom. The highest BCUT2D eigenvalue weighted by Crippen LogP contribution is 2.37. The van der Waals surface area contributed by atoms with Crippen LogP contribution in [0.3, 0.4) is 0 Å². The van der Waals surface area contributed by atoms with Gasteiger partial charge in [0.15, 0.2) is 11.5 Å². The smallest absolute Gasteiger partial charge is 0.180 e. The van der Waals surface area contributed by atoms with Crippen LogP contribution < -0.4 is 20.1 Å². The number of hydrogen-bond donors (Lipinski definition) is 2. The fraction of sp³-hybridized carbons (Fsp3) is 0.429. The molecule has 0 bridgehead atoms. The predicted octanol–water partition coefficient (Wildman–Crippen LogP) is 4.81. The van der Waals surface area contributed by atoms with Gasteiger partial charge in [-0.1, -0.05) is 29.3 Å². The van der Waals surface area contributed by atoms with Crippen LogP contribution in [0.2, 0.25) is 10.0 Å². The molecule has 0 atom stereocenters. The zero-order chi connectivity index (χ0) is 19.9. The van der Waals surface area contributed by atoms with E-state index in [-0.39, 0.29) is 12.4 Å². The second-order valence-electron chi connectivity index (χ2n) is 6.96. The Balaban J connectivity index is 1.62. The third-order valence-corrected chi connectivity index (χ3v) is 5.53. The fourth-order valence-electron chi connectivity index (χ4n) is 3.31. The van der Waals surface area contributed by atoms with Gasteiger partial charge in [-0.15, -0.1) is 0 Å². The minimum absolute atomic E-state index is 0.169. The summed E-state index contributed by atoms with van der Waals surface area (Å²) in [5, 5.41) is 7.67. The van der Waals surface area contributed by atoms with Gasteiger partial charge in [0.25, 0.3) is 0 Å². The van der Waals surface area contributed by atoms with Crippen molar-refractivity contribution >= 4 is 23.2 Å². The molecule has 28 heavy (non-hydrogen) atoms. The standard InChI is InChI=1S/C21H25Cl2FN2O2/c1-27-20-9-15(12-26-11-14-4-6-25-7-5-14)8-19(23)21(20)28-13-16-2-3-17(24)10-18(16)22/h2-3,8-10,14,25-26H,4-7,11-13H2,1H3. The average molecular weight is 427 g/mol. The van der Waals surface area contributed by atoms with Crippen LogP contribution in [0.4, 0.5) is 4.39 Å². The highest BCUT2D eigenvalue weighted by molar-refractivity contribution is 6.32. The Labute approximate surface area is 175 Å². The zero-order valence-corrected chi connectivity index (χ0v) is 17.4. The van der Waals surface area contributed by atoms with Gasteiger partial charge in [0.1, 0.15) is 12.4 Å². The molecule has 1 aliphatic heterocycles. The van der Waals surface area contributed by atoms with Crippen LogP contribution in [0, 0.1) is 11.7 Å². The molecule has 1 fully saturated rings. The molecule has 1 heterocycles. The summed E-state index contributed by atoms with van der Waals surface area (Å²) in [6.07, 6.45) is 2.41. The molecule has 1 aliphatic rings. The van der Waals surface area contributed by atoms with E-state index in [0.29, 0.717) is 39.6 Å². The highest BCUT2D eigenvalue weighted by atomic mass is 35.5. The first-order valence-corrected chi connectivity index (χ1v) is 10.2. The summed E-state index contributed by atoms with van der Waals surface area (Å²) in [6, 6.07) is 8.00. The number of rotatable bonds is 8. The molecule has 2 aromatic rings. The average Bonchev–Trinajstić information content (AvgIpc) is 2.69. The van der Waals surface area contributed by atoms with Gasteiger partial charge in [-0.05, 0) is 68.2 Å². The van der Waals surface area contributed by atoms with E-state index in [1.54, 1.807) is 13.2 Å². The van der Waals surface area contributed by atoms with Crippen molar-refractivity contribution in [1.29, 1.82) is 0 Å². The molecule has 2 aromatic carbocycles. The highest BCUT2D eigenvalue weighted by Gasteiger charge is 2.15. The number of piperidine rings is 1. The number of nitrogens with one attached hydrogen (secondary N) is 2. The summed E-state index contributed by atoms with van der Waals surface area (Å²) in [6.45, 7) is 4.06. The summed E-state index contributed by atoms with van der Waals surface area (Å²) in [5.74, 6) is 1.34. The number of methoxy groups -OCH3 is 1. The van der Waals surface area contributed by atoms with Gasteiger partial charge in [0.05, 0.1) is 17.2 Å². The third-order valence-electron chi connectivity index (χ3n) is 4.90. The molecule has 1 saturated heterocycles. The number of benzene rings is 2. The summed E-state index contributed by atoms with van der Waals surface area (Å²) in [7, 11) is 1.58. The molecule has 0 saturated carbocycles. The number of halogens is 3. The van der Waals surface area contributed by atoms with Crippen molar-refractivity contribution in [2.45, 2.75) is 26.0 Å². The third kappa shape index (κ3) is 5.74. The van der Waals surface area contributed by atoms with Gasteiger partial charge in [0, 0.05) is 12.1 Å². The van der Waals surface area contributed by atoms with E-state index in [4.69, 9.17) is 32.7 Å². The van der Waals surface area contributed by atoms with Gasteiger partial charge in [-0.3, -0.25) is 0 Å². The second-order valence-corrected chi connectivity index (χ2v) is 7.77. The second kappa shape index (κ2) is 10.3. The lowest BCUT2D eigenvalue weighted by atomic mass is 9.98. The largest absolute Gasteiger partial charge is 0.493 e. The lowest BCUT2D eigenvalue weighted by molar-refractivity contribution is 0.284. The molecule has 2 N–H and O–H groups in total. The molecule has 4 nitrogen and oxygen atoms in total. The Kier molecular flexibility index (Phi) is 7.80. The Morgan fingerprint density at radius 3 is 2.64 bits per heavy atom. The predicted molar refractivity (Wildman–Crippen MR) is 111 cm³/mol. The topological polar surface area (TPSA) is 42.5 Å². The molecule has 0 amide bonds. The maximum absolute atomic E-state index is 13.2. The Bertz CT molecular complexity index is 798. The zero-order valence-electron chi connectivity index (χ0n) is 15.9. The summed E-state index contributed by atoms with van der Waals surface area (Å²) >= 11 is 12.5. The summed E-state index contributed by atoms with van der Waals surface area (Å²) in [4.78, 5) is 0. The van der Waals surface area contributed by atoms with E-state index in [1.165, 1.54) is 25.0 Å². The maximum atomic E-state index is 13.2. The van der Waals surface area contributed by atoms with Crippen LogP contribution in [0.25, 0.3) is 0 Å². The van der Waals surface area contributed by atoms with E-state index in [0.717, 1.165) is 25.2 Å². The van der Waals surface area contributed by atoms with Gasteiger partial charge in [0.2, 0.25) is 0 Å². The van der Waals surface area contributed by atoms with E-state index < -0.39 is 0 Å². The summed E-state index contributed by atoms with van der Waals surface area (Å²) in [5.41, 5.74) is 1.71. The first-order valence-electron chi connectivity index (χ1n) is 9.41. The number of hydrogen-bond acceptors (Lipinski definition) is 4. The fourth-order valence-corrected chi connectivity index (χ4v) is 3.82. The molecule has 0 unspecified atom stereocenters. The molecule has 0 aliphatic carbocycles. The Hall–Kier alpha value is -1.53. The minimum Gasteiger partial charge on any atom is -0.493 e. The van der Waals surface area contributed by atoms with Crippen molar-refractivity contribution in [2.24, 2.45) is 5.92 Å². The van der Waals surface area contributed by atoms with Crippen LogP contribution in [0.5, 0.6) is 11.5 Å². The SMILES string of the molecule is COc1cc(CNCC2CCNCC2)cc(Cl)c1OCc1ccc(F)cc1Cl. The monoisotopic (exact) mass is 426 g/mol. The maximum Gasteiger partial charge on any atom is 0.180 e. The van der Waals surface area contributed by atoms with E-state index in [9.17, 15) is 4.39 Å². The Morgan fingerprint density at radius 1 is 1.14 bits per heavy atom. The quantitative estimate of drug-likeness (QED) is 0.635. The van der Waals surface area contributed by atoms with Crippen LogP contribution in [-0.4, -0.2) is 26.7 Å². The van der Waals surface area contributed by atoms with E-state index >= 15 is 0 Å². The van der Waals surface area contributed by atoms with Crippen molar-refractivity contribution < 1.29 is 13.9 Å². The van der Waals surface area contributed by atoms with Crippen molar-refractivity contribution in [3.63, 3.8) is 0 Å². The first-order chi connectivity index (χ1) is 13.6.